The molecule has 0 atom stereocenters. The molecule has 4 nitrogen and oxygen atoms in total. The first-order valence-electron chi connectivity index (χ1n) is 5.64. The smallest absolute Gasteiger partial charge is 0.138 e. The highest BCUT2D eigenvalue weighted by Gasteiger charge is 2.04. The van der Waals surface area contributed by atoms with E-state index in [1.54, 1.807) is 22.3 Å². The van der Waals surface area contributed by atoms with Gasteiger partial charge in [-0.1, -0.05) is 18.2 Å². The standard InChI is InChI=1S/C13H12N4S/c1-2-6-13(17-10-14-9-16-17)12(5-1)15-8-11-4-3-7-18-11/h1-7,9-10,15H,8H2. The Labute approximate surface area is 109 Å². The van der Waals surface area contributed by atoms with Crippen LogP contribution in [0.2, 0.25) is 0 Å². The molecule has 90 valence electrons. The van der Waals surface area contributed by atoms with Gasteiger partial charge in [-0.05, 0) is 23.6 Å². The number of aromatic nitrogens is 3. The van der Waals surface area contributed by atoms with Crippen LogP contribution in [0.5, 0.6) is 0 Å². The van der Waals surface area contributed by atoms with Crippen molar-refractivity contribution in [1.82, 2.24) is 14.8 Å². The van der Waals surface area contributed by atoms with Crippen molar-refractivity contribution in [3.05, 3.63) is 59.3 Å². The predicted molar refractivity (Wildman–Crippen MR) is 73.0 cm³/mol. The topological polar surface area (TPSA) is 42.7 Å². The van der Waals surface area contributed by atoms with Crippen molar-refractivity contribution < 1.29 is 0 Å². The van der Waals surface area contributed by atoms with E-state index < -0.39 is 0 Å². The lowest BCUT2D eigenvalue weighted by Gasteiger charge is -2.10. The fourth-order valence-electron chi connectivity index (χ4n) is 1.75. The summed E-state index contributed by atoms with van der Waals surface area (Å²) < 4.78 is 1.76. The minimum absolute atomic E-state index is 0.823. The molecule has 0 radical (unpaired) electrons. The Morgan fingerprint density at radius 1 is 1.17 bits per heavy atom. The SMILES string of the molecule is c1csc(CNc2ccccc2-n2cncn2)c1. The predicted octanol–water partition coefficient (Wildman–Crippen LogP) is 2.94. The Hall–Kier alpha value is -2.14. The van der Waals surface area contributed by atoms with Crippen LogP contribution < -0.4 is 5.32 Å². The third kappa shape index (κ3) is 2.26. The number of thiophene rings is 1. The molecule has 0 amide bonds. The highest BCUT2D eigenvalue weighted by Crippen LogP contribution is 2.20. The van der Waals surface area contributed by atoms with Gasteiger partial charge < -0.3 is 5.32 Å². The normalized spacial score (nSPS) is 10.4. The van der Waals surface area contributed by atoms with Crippen molar-refractivity contribution in [1.29, 1.82) is 0 Å². The van der Waals surface area contributed by atoms with Crippen LogP contribution >= 0.6 is 11.3 Å². The maximum Gasteiger partial charge on any atom is 0.138 e. The highest BCUT2D eigenvalue weighted by atomic mass is 32.1. The molecule has 0 unspecified atom stereocenters. The molecule has 1 N–H and O–H groups in total. The molecule has 0 saturated carbocycles. The zero-order valence-corrected chi connectivity index (χ0v) is 10.5. The Bertz CT molecular complexity index is 602. The van der Waals surface area contributed by atoms with Gasteiger partial charge in [0.2, 0.25) is 0 Å². The largest absolute Gasteiger partial charge is 0.378 e. The molecule has 0 aliphatic rings. The number of nitrogens with zero attached hydrogens (tertiary/aromatic N) is 3. The maximum atomic E-state index is 4.16. The van der Waals surface area contributed by atoms with Crippen LogP contribution in [-0.2, 0) is 6.54 Å². The van der Waals surface area contributed by atoms with E-state index in [1.165, 1.54) is 11.2 Å². The summed E-state index contributed by atoms with van der Waals surface area (Å²) >= 11 is 1.75. The molecule has 0 aliphatic heterocycles. The molecule has 3 rings (SSSR count). The molecule has 0 spiro atoms. The van der Waals surface area contributed by atoms with Crippen LogP contribution in [-0.4, -0.2) is 14.8 Å². The fraction of sp³-hybridized carbons (Fsp3) is 0.0769. The van der Waals surface area contributed by atoms with Crippen LogP contribution in [0.4, 0.5) is 5.69 Å². The van der Waals surface area contributed by atoms with Crippen molar-refractivity contribution in [2.24, 2.45) is 0 Å². The summed E-state index contributed by atoms with van der Waals surface area (Å²) in [5.41, 5.74) is 2.06. The van der Waals surface area contributed by atoms with Gasteiger partial charge >= 0.3 is 0 Å². The van der Waals surface area contributed by atoms with Crippen molar-refractivity contribution >= 4 is 17.0 Å². The van der Waals surface area contributed by atoms with Crippen molar-refractivity contribution in [3.63, 3.8) is 0 Å². The van der Waals surface area contributed by atoms with Crippen LogP contribution in [0, 0.1) is 0 Å². The van der Waals surface area contributed by atoms with Crippen molar-refractivity contribution in [2.45, 2.75) is 6.54 Å². The Morgan fingerprint density at radius 2 is 2.11 bits per heavy atom. The first-order chi connectivity index (χ1) is 8.93. The van der Waals surface area contributed by atoms with Crippen molar-refractivity contribution in [3.8, 4) is 5.69 Å². The number of rotatable bonds is 4. The molecule has 0 fully saturated rings. The molecule has 1 aromatic carbocycles. The summed E-state index contributed by atoms with van der Waals surface area (Å²) in [7, 11) is 0. The van der Waals surface area contributed by atoms with Gasteiger partial charge in [0.25, 0.3) is 0 Å². The van der Waals surface area contributed by atoms with Crippen LogP contribution in [0.3, 0.4) is 0 Å². The second-order valence-corrected chi connectivity index (χ2v) is 4.82. The summed E-state index contributed by atoms with van der Waals surface area (Å²) in [6.45, 7) is 0.823. The Morgan fingerprint density at radius 3 is 2.89 bits per heavy atom. The van der Waals surface area contributed by atoms with E-state index in [-0.39, 0.29) is 0 Å². The van der Waals surface area contributed by atoms with Gasteiger partial charge in [0.15, 0.2) is 0 Å². The minimum Gasteiger partial charge on any atom is -0.378 e. The number of anilines is 1. The molecule has 3 aromatic rings. The van der Waals surface area contributed by atoms with Crippen molar-refractivity contribution in [2.75, 3.05) is 5.32 Å². The summed E-state index contributed by atoms with van der Waals surface area (Å²) in [5.74, 6) is 0. The average Bonchev–Trinajstić information content (AvgIpc) is 3.10. The summed E-state index contributed by atoms with van der Waals surface area (Å²) in [6.07, 6.45) is 3.24. The highest BCUT2D eigenvalue weighted by molar-refractivity contribution is 7.09. The quantitative estimate of drug-likeness (QED) is 0.780. The fourth-order valence-corrected chi connectivity index (χ4v) is 2.40. The summed E-state index contributed by atoms with van der Waals surface area (Å²) in [5, 5.41) is 9.67. The van der Waals surface area contributed by atoms with E-state index in [1.807, 2.05) is 24.3 Å². The third-order valence-electron chi connectivity index (χ3n) is 2.60. The molecular weight excluding hydrogens is 244 g/mol. The average molecular weight is 256 g/mol. The van der Waals surface area contributed by atoms with E-state index in [0.717, 1.165) is 17.9 Å². The number of hydrogen-bond donors (Lipinski definition) is 1. The molecule has 5 heteroatoms. The van der Waals surface area contributed by atoms with Gasteiger partial charge in [0.05, 0.1) is 11.4 Å². The zero-order chi connectivity index (χ0) is 12.2. The third-order valence-corrected chi connectivity index (χ3v) is 3.48. The van der Waals surface area contributed by atoms with Gasteiger partial charge in [-0.15, -0.1) is 11.3 Å². The maximum absolute atomic E-state index is 4.16. The van der Waals surface area contributed by atoms with Gasteiger partial charge in [-0.2, -0.15) is 5.10 Å². The van der Waals surface area contributed by atoms with Crippen LogP contribution in [0.15, 0.2) is 54.4 Å². The lowest BCUT2D eigenvalue weighted by Crippen LogP contribution is -2.03. The second kappa shape index (κ2) is 5.01. The molecule has 18 heavy (non-hydrogen) atoms. The summed E-state index contributed by atoms with van der Waals surface area (Å²) in [4.78, 5) is 5.28. The molecule has 0 aliphatic carbocycles. The lowest BCUT2D eigenvalue weighted by atomic mass is 10.2. The second-order valence-electron chi connectivity index (χ2n) is 3.79. The number of hydrogen-bond acceptors (Lipinski definition) is 4. The number of para-hydroxylation sites is 2. The molecular formula is C13H12N4S. The first kappa shape index (κ1) is 11.0. The first-order valence-corrected chi connectivity index (χ1v) is 6.52. The number of nitrogens with one attached hydrogen (secondary N) is 1. The van der Waals surface area contributed by atoms with Crippen LogP contribution in [0.1, 0.15) is 4.88 Å². The Kier molecular flexibility index (Phi) is 3.06. The van der Waals surface area contributed by atoms with E-state index in [0.29, 0.717) is 0 Å². The Balaban J connectivity index is 1.84. The monoisotopic (exact) mass is 256 g/mol. The van der Waals surface area contributed by atoms with Gasteiger partial charge in [0, 0.05) is 11.4 Å². The molecule has 2 heterocycles. The molecule has 0 bridgehead atoms. The lowest BCUT2D eigenvalue weighted by molar-refractivity contribution is 0.878. The van der Waals surface area contributed by atoms with E-state index in [4.69, 9.17) is 0 Å². The van der Waals surface area contributed by atoms with Gasteiger partial charge in [-0.25, -0.2) is 9.67 Å². The summed E-state index contributed by atoms with van der Waals surface area (Å²) in [6, 6.07) is 12.3. The van der Waals surface area contributed by atoms with Gasteiger partial charge in [0.1, 0.15) is 12.7 Å². The minimum atomic E-state index is 0.823. The number of benzene rings is 1. The zero-order valence-electron chi connectivity index (χ0n) is 9.65. The van der Waals surface area contributed by atoms with Gasteiger partial charge in [-0.3, -0.25) is 0 Å². The van der Waals surface area contributed by atoms with E-state index in [9.17, 15) is 0 Å². The molecule has 2 aromatic heterocycles. The molecule has 0 saturated heterocycles. The van der Waals surface area contributed by atoms with Crippen LogP contribution in [0.25, 0.3) is 5.69 Å². The van der Waals surface area contributed by atoms with E-state index >= 15 is 0 Å². The van der Waals surface area contributed by atoms with E-state index in [2.05, 4.69) is 32.9 Å².